The van der Waals surface area contributed by atoms with Gasteiger partial charge in [-0.05, 0) is 6.92 Å². The van der Waals surface area contributed by atoms with Crippen LogP contribution in [-0.2, 0) is 9.53 Å². The predicted molar refractivity (Wildman–Crippen MR) is 64.9 cm³/mol. The summed E-state index contributed by atoms with van der Waals surface area (Å²) in [6, 6.07) is 1.73. The van der Waals surface area contributed by atoms with Gasteiger partial charge in [0.1, 0.15) is 0 Å². The lowest BCUT2D eigenvalue weighted by atomic mass is 10.4. The van der Waals surface area contributed by atoms with Gasteiger partial charge in [0, 0.05) is 18.3 Å². The van der Waals surface area contributed by atoms with Gasteiger partial charge in [-0.25, -0.2) is 4.98 Å². The predicted octanol–water partition coefficient (Wildman–Crippen LogP) is 0.697. The first-order chi connectivity index (χ1) is 8.61. The molecule has 0 radical (unpaired) electrons. The number of carbonyl (C=O) groups is 1. The first-order valence-corrected chi connectivity index (χ1v) is 5.55. The van der Waals surface area contributed by atoms with Crippen molar-refractivity contribution >= 4 is 11.9 Å². The monoisotopic (exact) mass is 255 g/mol. The third-order valence-electron chi connectivity index (χ3n) is 2.03. The van der Waals surface area contributed by atoms with Crippen LogP contribution < -0.4 is 10.1 Å². The van der Waals surface area contributed by atoms with E-state index in [1.54, 1.807) is 13.2 Å². The minimum absolute atomic E-state index is 0.00870. The second-order valence-corrected chi connectivity index (χ2v) is 3.56. The summed E-state index contributed by atoms with van der Waals surface area (Å²) in [5.74, 6) is 0.0974. The highest BCUT2D eigenvalue weighted by molar-refractivity contribution is 5.66. The summed E-state index contributed by atoms with van der Waals surface area (Å²) in [4.78, 5) is 18.5. The zero-order valence-corrected chi connectivity index (χ0v) is 10.5. The molecule has 7 nitrogen and oxygen atoms in total. The number of rotatable bonds is 8. The molecular formula is C11H17N3O4. The lowest BCUT2D eigenvalue weighted by molar-refractivity contribution is -0.138. The Hall–Kier alpha value is -1.89. The number of aliphatic carboxylic acids is 1. The summed E-state index contributed by atoms with van der Waals surface area (Å²) in [7, 11) is 1.54. The molecule has 0 bridgehead atoms. The molecule has 0 spiro atoms. The van der Waals surface area contributed by atoms with Gasteiger partial charge in [0.05, 0.1) is 26.7 Å². The van der Waals surface area contributed by atoms with Crippen LogP contribution in [0.3, 0.4) is 0 Å². The Morgan fingerprint density at radius 2 is 2.22 bits per heavy atom. The SMILES string of the molecule is COc1cc(C)nc(NCCOCCC(=O)O)n1. The van der Waals surface area contributed by atoms with Gasteiger partial charge < -0.3 is 19.9 Å². The molecule has 0 fully saturated rings. The topological polar surface area (TPSA) is 93.6 Å². The van der Waals surface area contributed by atoms with Crippen LogP contribution in [0.2, 0.25) is 0 Å². The van der Waals surface area contributed by atoms with Gasteiger partial charge in [-0.3, -0.25) is 4.79 Å². The van der Waals surface area contributed by atoms with E-state index in [0.29, 0.717) is 25.0 Å². The number of ether oxygens (including phenoxy) is 2. The quantitative estimate of drug-likeness (QED) is 0.660. The molecule has 1 rings (SSSR count). The highest BCUT2D eigenvalue weighted by Gasteiger charge is 2.01. The minimum Gasteiger partial charge on any atom is -0.481 e. The Labute approximate surface area is 105 Å². The molecule has 7 heteroatoms. The Bertz CT molecular complexity index is 398. The smallest absolute Gasteiger partial charge is 0.305 e. The number of nitrogens with one attached hydrogen (secondary N) is 1. The molecule has 0 aliphatic rings. The Morgan fingerprint density at radius 1 is 1.44 bits per heavy atom. The fourth-order valence-corrected chi connectivity index (χ4v) is 1.22. The second-order valence-electron chi connectivity index (χ2n) is 3.56. The minimum atomic E-state index is -0.866. The first kappa shape index (κ1) is 14.2. The molecule has 0 aliphatic heterocycles. The molecule has 18 heavy (non-hydrogen) atoms. The number of aryl methyl sites for hydroxylation is 1. The van der Waals surface area contributed by atoms with Crippen LogP contribution in [0.5, 0.6) is 5.88 Å². The van der Waals surface area contributed by atoms with Crippen molar-refractivity contribution in [3.05, 3.63) is 11.8 Å². The van der Waals surface area contributed by atoms with Gasteiger partial charge in [-0.1, -0.05) is 0 Å². The first-order valence-electron chi connectivity index (χ1n) is 5.55. The Balaban J connectivity index is 2.26. The van der Waals surface area contributed by atoms with Crippen molar-refractivity contribution in [1.29, 1.82) is 0 Å². The van der Waals surface area contributed by atoms with Crippen molar-refractivity contribution in [3.8, 4) is 5.88 Å². The van der Waals surface area contributed by atoms with Gasteiger partial charge in [-0.15, -0.1) is 0 Å². The summed E-state index contributed by atoms with van der Waals surface area (Å²) in [5, 5.41) is 11.4. The van der Waals surface area contributed by atoms with Crippen molar-refractivity contribution < 1.29 is 19.4 Å². The van der Waals surface area contributed by atoms with Crippen molar-refractivity contribution in [1.82, 2.24) is 9.97 Å². The summed E-state index contributed by atoms with van der Waals surface area (Å²) >= 11 is 0. The Kier molecular flexibility index (Phi) is 5.86. The fourth-order valence-electron chi connectivity index (χ4n) is 1.22. The van der Waals surface area contributed by atoms with E-state index in [2.05, 4.69) is 15.3 Å². The molecule has 0 atom stereocenters. The molecular weight excluding hydrogens is 238 g/mol. The standard InChI is InChI=1S/C11H17N3O4/c1-8-7-9(17-2)14-11(13-8)12-4-6-18-5-3-10(15)16/h7H,3-6H2,1-2H3,(H,15,16)(H,12,13,14). The van der Waals surface area contributed by atoms with Crippen molar-refractivity contribution in [3.63, 3.8) is 0 Å². The van der Waals surface area contributed by atoms with E-state index in [-0.39, 0.29) is 13.0 Å². The number of aromatic nitrogens is 2. The maximum absolute atomic E-state index is 10.2. The van der Waals surface area contributed by atoms with Crippen LogP contribution in [0, 0.1) is 6.92 Å². The van der Waals surface area contributed by atoms with Gasteiger partial charge >= 0.3 is 5.97 Å². The van der Waals surface area contributed by atoms with Crippen molar-refractivity contribution in [2.24, 2.45) is 0 Å². The van der Waals surface area contributed by atoms with Gasteiger partial charge in [0.2, 0.25) is 11.8 Å². The molecule has 1 heterocycles. The number of anilines is 1. The highest BCUT2D eigenvalue weighted by atomic mass is 16.5. The van der Waals surface area contributed by atoms with Crippen LogP contribution in [0.4, 0.5) is 5.95 Å². The number of hydrogen-bond acceptors (Lipinski definition) is 6. The largest absolute Gasteiger partial charge is 0.481 e. The van der Waals surface area contributed by atoms with Gasteiger partial charge in [0.15, 0.2) is 0 Å². The Morgan fingerprint density at radius 3 is 2.89 bits per heavy atom. The lowest BCUT2D eigenvalue weighted by Crippen LogP contribution is -2.13. The van der Waals surface area contributed by atoms with Crippen LogP contribution in [-0.4, -0.2) is 47.9 Å². The molecule has 0 saturated carbocycles. The molecule has 0 unspecified atom stereocenters. The van der Waals surface area contributed by atoms with E-state index in [9.17, 15) is 4.79 Å². The van der Waals surface area contributed by atoms with Crippen LogP contribution in [0.25, 0.3) is 0 Å². The van der Waals surface area contributed by atoms with Crippen LogP contribution in [0.1, 0.15) is 12.1 Å². The average molecular weight is 255 g/mol. The number of carboxylic acid groups (broad SMARTS) is 1. The third-order valence-corrected chi connectivity index (χ3v) is 2.03. The summed E-state index contributed by atoms with van der Waals surface area (Å²) in [6.07, 6.45) is 0.00870. The summed E-state index contributed by atoms with van der Waals surface area (Å²) < 4.78 is 10.1. The van der Waals surface area contributed by atoms with Crippen molar-refractivity contribution in [2.45, 2.75) is 13.3 Å². The molecule has 0 amide bonds. The molecule has 1 aromatic heterocycles. The van der Waals surface area contributed by atoms with Crippen LogP contribution in [0.15, 0.2) is 6.07 Å². The zero-order valence-electron chi connectivity index (χ0n) is 10.5. The fraction of sp³-hybridized carbons (Fsp3) is 0.545. The summed E-state index contributed by atoms with van der Waals surface area (Å²) in [5.41, 5.74) is 0.802. The number of carboxylic acids is 1. The van der Waals surface area contributed by atoms with E-state index >= 15 is 0 Å². The third kappa shape index (κ3) is 5.44. The highest BCUT2D eigenvalue weighted by Crippen LogP contribution is 2.10. The number of methoxy groups -OCH3 is 1. The maximum Gasteiger partial charge on any atom is 0.305 e. The molecule has 1 aromatic rings. The molecule has 0 aromatic carbocycles. The van der Waals surface area contributed by atoms with E-state index in [0.717, 1.165) is 5.69 Å². The summed E-state index contributed by atoms with van der Waals surface area (Å²) in [6.45, 7) is 2.95. The van der Waals surface area contributed by atoms with Crippen LogP contribution >= 0.6 is 0 Å². The second kappa shape index (κ2) is 7.44. The number of hydrogen-bond donors (Lipinski definition) is 2. The van der Waals surface area contributed by atoms with Gasteiger partial charge in [0.25, 0.3) is 0 Å². The van der Waals surface area contributed by atoms with Gasteiger partial charge in [-0.2, -0.15) is 4.98 Å². The molecule has 100 valence electrons. The molecule has 0 saturated heterocycles. The van der Waals surface area contributed by atoms with E-state index in [4.69, 9.17) is 14.6 Å². The van der Waals surface area contributed by atoms with Crippen molar-refractivity contribution in [2.75, 3.05) is 32.2 Å². The zero-order chi connectivity index (χ0) is 13.4. The molecule has 0 aliphatic carbocycles. The van der Waals surface area contributed by atoms with E-state index < -0.39 is 5.97 Å². The normalized spacial score (nSPS) is 10.1. The lowest BCUT2D eigenvalue weighted by Gasteiger charge is -2.07. The maximum atomic E-state index is 10.2. The van der Waals surface area contributed by atoms with E-state index in [1.165, 1.54) is 0 Å². The number of nitrogens with zero attached hydrogens (tertiary/aromatic N) is 2. The molecule has 2 N–H and O–H groups in total. The average Bonchev–Trinajstić information content (AvgIpc) is 2.32. The van der Waals surface area contributed by atoms with E-state index in [1.807, 2.05) is 6.92 Å².